The predicted molar refractivity (Wildman–Crippen MR) is 55.7 cm³/mol. The van der Waals surface area contributed by atoms with Crippen molar-refractivity contribution in [3.63, 3.8) is 0 Å². The van der Waals surface area contributed by atoms with Gasteiger partial charge in [0.1, 0.15) is 0 Å². The third-order valence-electron chi connectivity index (χ3n) is 2.42. The summed E-state index contributed by atoms with van der Waals surface area (Å²) in [5.41, 5.74) is 0. The smallest absolute Gasteiger partial charge is 0.379 e. The van der Waals surface area contributed by atoms with Crippen molar-refractivity contribution >= 4 is 0 Å². The van der Waals surface area contributed by atoms with E-state index in [-0.39, 0.29) is 19.3 Å². The topological polar surface area (TPSA) is 27.7 Å². The van der Waals surface area contributed by atoms with Gasteiger partial charge in [-0.05, 0) is 25.7 Å². The van der Waals surface area contributed by atoms with Gasteiger partial charge in [0, 0.05) is 19.6 Å². The largest absolute Gasteiger partial charge is 0.389 e. The average Bonchev–Trinajstić information content (AvgIpc) is 2.28. The van der Waals surface area contributed by atoms with E-state index >= 15 is 0 Å². The fourth-order valence-electron chi connectivity index (χ4n) is 1.56. The highest BCUT2D eigenvalue weighted by Gasteiger charge is 2.25. The molecule has 3 nitrogen and oxygen atoms in total. The number of rotatable bonds is 7. The van der Waals surface area contributed by atoms with Crippen LogP contribution in [0.5, 0.6) is 0 Å². The van der Waals surface area contributed by atoms with Crippen LogP contribution in [0.1, 0.15) is 32.1 Å². The molecule has 0 amide bonds. The molecular formula is C11H19F3O3. The highest BCUT2D eigenvalue weighted by atomic mass is 19.4. The van der Waals surface area contributed by atoms with E-state index in [0.29, 0.717) is 13.2 Å². The summed E-state index contributed by atoms with van der Waals surface area (Å²) in [6.07, 6.45) is -2.00. The van der Waals surface area contributed by atoms with E-state index in [0.717, 1.165) is 25.9 Å². The lowest BCUT2D eigenvalue weighted by atomic mass is 10.2. The normalized spacial score (nSPS) is 21.7. The number of hydrogen-bond acceptors (Lipinski definition) is 3. The molecule has 0 aromatic rings. The third-order valence-corrected chi connectivity index (χ3v) is 2.42. The first-order valence-electron chi connectivity index (χ1n) is 5.95. The molecule has 0 bridgehead atoms. The summed E-state index contributed by atoms with van der Waals surface area (Å²) >= 11 is 0. The lowest BCUT2D eigenvalue weighted by molar-refractivity contribution is -0.169. The van der Waals surface area contributed by atoms with Crippen LogP contribution in [0.15, 0.2) is 0 Å². The van der Waals surface area contributed by atoms with E-state index in [4.69, 9.17) is 14.2 Å². The van der Waals surface area contributed by atoms with Gasteiger partial charge in [-0.2, -0.15) is 13.2 Å². The van der Waals surface area contributed by atoms with Gasteiger partial charge in [-0.3, -0.25) is 0 Å². The van der Waals surface area contributed by atoms with Crippen molar-refractivity contribution in [2.24, 2.45) is 0 Å². The Hall–Kier alpha value is -0.330. The highest BCUT2D eigenvalue weighted by molar-refractivity contribution is 4.54. The first-order valence-corrected chi connectivity index (χ1v) is 5.95. The minimum Gasteiger partial charge on any atom is -0.379 e. The standard InChI is InChI=1S/C11H19F3O3/c12-11(13,14)5-3-6-15-8-9-17-10-4-1-2-7-16-10/h10H,1-9H2. The van der Waals surface area contributed by atoms with Gasteiger partial charge in [0.05, 0.1) is 13.2 Å². The first kappa shape index (κ1) is 14.7. The molecule has 102 valence electrons. The van der Waals surface area contributed by atoms with Crippen molar-refractivity contribution in [1.29, 1.82) is 0 Å². The number of alkyl halides is 3. The van der Waals surface area contributed by atoms with Gasteiger partial charge in [-0.15, -0.1) is 0 Å². The molecule has 1 fully saturated rings. The Balaban J connectivity index is 1.84. The van der Waals surface area contributed by atoms with E-state index in [9.17, 15) is 13.2 Å². The van der Waals surface area contributed by atoms with E-state index in [1.165, 1.54) is 0 Å². The monoisotopic (exact) mass is 256 g/mol. The maximum Gasteiger partial charge on any atom is 0.389 e. The van der Waals surface area contributed by atoms with E-state index in [1.54, 1.807) is 0 Å². The SMILES string of the molecule is FC(F)(F)CCCOCCOC1CCCCO1. The molecule has 1 heterocycles. The molecule has 0 aliphatic carbocycles. The fraction of sp³-hybridized carbons (Fsp3) is 1.00. The summed E-state index contributed by atoms with van der Waals surface area (Å²) in [6.45, 7) is 1.53. The zero-order valence-electron chi connectivity index (χ0n) is 9.80. The van der Waals surface area contributed by atoms with Crippen LogP contribution in [0, 0.1) is 0 Å². The van der Waals surface area contributed by atoms with Crippen molar-refractivity contribution < 1.29 is 27.4 Å². The average molecular weight is 256 g/mol. The zero-order chi connectivity index (χ0) is 12.6. The minimum absolute atomic E-state index is 0.00340. The van der Waals surface area contributed by atoms with Gasteiger partial charge >= 0.3 is 6.18 Å². The Bertz CT molecular complexity index is 191. The molecule has 0 aromatic heterocycles. The van der Waals surface area contributed by atoms with Crippen molar-refractivity contribution in [3.8, 4) is 0 Å². The van der Waals surface area contributed by atoms with Crippen molar-refractivity contribution in [2.45, 2.75) is 44.6 Å². The van der Waals surface area contributed by atoms with Crippen LogP contribution >= 0.6 is 0 Å². The molecule has 0 radical (unpaired) electrons. The quantitative estimate of drug-likeness (QED) is 0.655. The van der Waals surface area contributed by atoms with Crippen LogP contribution in [-0.4, -0.2) is 38.9 Å². The van der Waals surface area contributed by atoms with Crippen LogP contribution in [0.4, 0.5) is 13.2 Å². The Morgan fingerprint density at radius 1 is 1.12 bits per heavy atom. The second-order valence-electron chi connectivity index (χ2n) is 4.00. The third kappa shape index (κ3) is 8.40. The molecule has 1 rings (SSSR count). The van der Waals surface area contributed by atoms with Gasteiger partial charge in [-0.25, -0.2) is 0 Å². The lowest BCUT2D eigenvalue weighted by Crippen LogP contribution is -2.24. The summed E-state index contributed by atoms with van der Waals surface area (Å²) in [6, 6.07) is 0. The number of halogens is 3. The van der Waals surface area contributed by atoms with Crippen LogP contribution in [0.25, 0.3) is 0 Å². The molecule has 0 saturated carbocycles. The fourth-order valence-corrected chi connectivity index (χ4v) is 1.56. The van der Waals surface area contributed by atoms with Crippen molar-refractivity contribution in [2.75, 3.05) is 26.4 Å². The maximum atomic E-state index is 11.8. The van der Waals surface area contributed by atoms with Crippen LogP contribution in [0.3, 0.4) is 0 Å². The highest BCUT2D eigenvalue weighted by Crippen LogP contribution is 2.21. The summed E-state index contributed by atoms with van der Waals surface area (Å²) in [4.78, 5) is 0. The molecule has 1 saturated heterocycles. The van der Waals surface area contributed by atoms with Gasteiger partial charge < -0.3 is 14.2 Å². The first-order chi connectivity index (χ1) is 8.08. The minimum atomic E-state index is -4.09. The Morgan fingerprint density at radius 2 is 1.94 bits per heavy atom. The molecule has 1 atom stereocenters. The van der Waals surface area contributed by atoms with Gasteiger partial charge in [0.15, 0.2) is 6.29 Å². The molecule has 1 unspecified atom stereocenters. The molecular weight excluding hydrogens is 237 g/mol. The second kappa shape index (κ2) is 7.89. The maximum absolute atomic E-state index is 11.8. The summed E-state index contributed by atoms with van der Waals surface area (Å²) in [5, 5.41) is 0. The lowest BCUT2D eigenvalue weighted by Gasteiger charge is -2.22. The van der Waals surface area contributed by atoms with Crippen LogP contribution < -0.4 is 0 Å². The van der Waals surface area contributed by atoms with Crippen LogP contribution in [0.2, 0.25) is 0 Å². The predicted octanol–water partition coefficient (Wildman–Crippen LogP) is 2.89. The van der Waals surface area contributed by atoms with Crippen molar-refractivity contribution in [1.82, 2.24) is 0 Å². The molecule has 1 aliphatic rings. The summed E-state index contributed by atoms with van der Waals surface area (Å²) < 4.78 is 51.1. The molecule has 1 aliphatic heterocycles. The molecule has 17 heavy (non-hydrogen) atoms. The van der Waals surface area contributed by atoms with Gasteiger partial charge in [0.2, 0.25) is 0 Å². The van der Waals surface area contributed by atoms with Gasteiger partial charge in [0.25, 0.3) is 0 Å². The zero-order valence-corrected chi connectivity index (χ0v) is 9.80. The van der Waals surface area contributed by atoms with Crippen LogP contribution in [-0.2, 0) is 14.2 Å². The van der Waals surface area contributed by atoms with E-state index in [1.807, 2.05) is 0 Å². The Kier molecular flexibility index (Phi) is 6.84. The van der Waals surface area contributed by atoms with E-state index in [2.05, 4.69) is 0 Å². The number of ether oxygens (including phenoxy) is 3. The van der Waals surface area contributed by atoms with E-state index < -0.39 is 12.6 Å². The molecule has 0 aromatic carbocycles. The molecule has 6 heteroatoms. The Labute approximate surface area is 99.2 Å². The Morgan fingerprint density at radius 3 is 2.59 bits per heavy atom. The summed E-state index contributed by atoms with van der Waals surface area (Å²) in [7, 11) is 0. The number of hydrogen-bond donors (Lipinski definition) is 0. The van der Waals surface area contributed by atoms with Gasteiger partial charge in [-0.1, -0.05) is 0 Å². The second-order valence-corrected chi connectivity index (χ2v) is 4.00. The summed E-state index contributed by atoms with van der Waals surface area (Å²) in [5.74, 6) is 0. The molecule has 0 N–H and O–H groups in total. The molecule has 0 spiro atoms. The van der Waals surface area contributed by atoms with Crippen molar-refractivity contribution in [3.05, 3.63) is 0 Å².